The van der Waals surface area contributed by atoms with Gasteiger partial charge in [-0.15, -0.1) is 0 Å². The topological polar surface area (TPSA) is 76.1 Å². The van der Waals surface area contributed by atoms with Crippen LogP contribution in [0.15, 0.2) is 11.1 Å². The number of aliphatic hydroxyl groups is 1. The van der Waals surface area contributed by atoms with E-state index in [0.29, 0.717) is 60.7 Å². The average Bonchev–Trinajstić information content (AvgIpc) is 3.41. The number of ketones is 1. The lowest BCUT2D eigenvalue weighted by Gasteiger charge is -2.59. The number of aliphatic hydroxyl groups excluding tert-OH is 1. The number of hydrogen-bond donors (Lipinski definition) is 1. The molecule has 1 spiro atoms. The fourth-order valence-electron chi connectivity index (χ4n) is 10.1. The molecule has 5 heteroatoms. The van der Waals surface area contributed by atoms with Crippen molar-refractivity contribution < 1.29 is 24.2 Å². The Kier molecular flexibility index (Phi) is 4.68. The Balaban J connectivity index is 1.30. The molecule has 4 saturated carbocycles. The summed E-state index contributed by atoms with van der Waals surface area (Å²) in [4.78, 5) is 25.4. The van der Waals surface area contributed by atoms with E-state index in [0.717, 1.165) is 24.8 Å². The third kappa shape index (κ3) is 2.56. The van der Waals surface area contributed by atoms with Gasteiger partial charge in [0, 0.05) is 17.9 Å². The first kappa shape index (κ1) is 22.3. The molecule has 2 aliphatic heterocycles. The lowest BCUT2D eigenvalue weighted by Crippen LogP contribution is -2.64. The van der Waals surface area contributed by atoms with Crippen molar-refractivity contribution in [2.75, 3.05) is 6.61 Å². The van der Waals surface area contributed by atoms with Crippen LogP contribution in [0.4, 0.5) is 0 Å². The van der Waals surface area contributed by atoms with E-state index in [-0.39, 0.29) is 17.5 Å². The first-order chi connectivity index (χ1) is 15.6. The molecule has 5 nitrogen and oxygen atoms in total. The van der Waals surface area contributed by atoms with E-state index in [1.807, 2.05) is 6.92 Å². The molecule has 33 heavy (non-hydrogen) atoms. The summed E-state index contributed by atoms with van der Waals surface area (Å²) in [5.74, 6) is 2.97. The molecule has 0 aromatic heterocycles. The maximum atomic E-state index is 13.4. The second-order valence-electron chi connectivity index (χ2n) is 12.8. The van der Waals surface area contributed by atoms with E-state index in [1.54, 1.807) is 0 Å². The third-order valence-electron chi connectivity index (χ3n) is 12.1. The minimum atomic E-state index is -0.603. The molecule has 0 aromatic rings. The number of fused-ring (bicyclic) bond motifs is 4. The summed E-state index contributed by atoms with van der Waals surface area (Å²) in [6.07, 6.45) is 6.23. The van der Waals surface area contributed by atoms with Crippen molar-refractivity contribution in [1.82, 2.24) is 0 Å². The Morgan fingerprint density at radius 3 is 2.58 bits per heavy atom. The van der Waals surface area contributed by atoms with E-state index < -0.39 is 17.1 Å². The molecule has 0 radical (unpaired) electrons. The van der Waals surface area contributed by atoms with Gasteiger partial charge in [-0.05, 0) is 94.3 Å². The molecule has 0 bridgehead atoms. The number of Topliss-reactive ketones (excluding diaryl/α,β-unsaturated/α-hetero) is 1. The van der Waals surface area contributed by atoms with Crippen molar-refractivity contribution in [2.45, 2.75) is 97.4 Å². The Morgan fingerprint density at radius 2 is 1.82 bits per heavy atom. The van der Waals surface area contributed by atoms with Crippen LogP contribution in [-0.2, 0) is 19.1 Å². The van der Waals surface area contributed by atoms with Crippen LogP contribution in [0.3, 0.4) is 0 Å². The van der Waals surface area contributed by atoms with Crippen LogP contribution in [0.5, 0.6) is 0 Å². The first-order valence-electron chi connectivity index (χ1n) is 13.3. The van der Waals surface area contributed by atoms with Gasteiger partial charge in [0.05, 0.1) is 24.2 Å². The van der Waals surface area contributed by atoms with Crippen LogP contribution < -0.4 is 0 Å². The Bertz CT molecular complexity index is 939. The molecule has 6 rings (SSSR count). The Labute approximate surface area is 197 Å². The lowest BCUT2D eigenvalue weighted by molar-refractivity contribution is -0.165. The lowest BCUT2D eigenvalue weighted by atomic mass is 9.43. The van der Waals surface area contributed by atoms with Crippen molar-refractivity contribution >= 4 is 11.8 Å². The number of carbonyl (C=O) groups is 2. The minimum Gasteiger partial charge on any atom is -0.462 e. The van der Waals surface area contributed by atoms with Gasteiger partial charge in [-0.3, -0.25) is 4.79 Å². The van der Waals surface area contributed by atoms with Gasteiger partial charge in [-0.25, -0.2) is 4.79 Å². The second kappa shape index (κ2) is 6.94. The molecular formula is C28H40O5. The summed E-state index contributed by atoms with van der Waals surface area (Å²) in [7, 11) is 0. The van der Waals surface area contributed by atoms with Crippen LogP contribution in [-0.4, -0.2) is 41.3 Å². The molecule has 0 amide bonds. The molecule has 182 valence electrons. The molecule has 1 saturated heterocycles. The monoisotopic (exact) mass is 456 g/mol. The zero-order valence-corrected chi connectivity index (χ0v) is 20.9. The summed E-state index contributed by atoms with van der Waals surface area (Å²) < 4.78 is 11.9. The van der Waals surface area contributed by atoms with Gasteiger partial charge in [0.1, 0.15) is 11.4 Å². The smallest absolute Gasteiger partial charge is 0.333 e. The fraction of sp³-hybridized carbons (Fsp3) is 0.857. The van der Waals surface area contributed by atoms with Gasteiger partial charge < -0.3 is 14.6 Å². The standard InChI is InChI=1S/C28H40O5/c1-14-15(2)25(31)32-13-18(14)16(3)19-6-7-20-17-12-24-28(33-24)23(30)9-8-22(29)27(28,5)21(17)10-11-26(19,20)4/h16-21,23-24,30H,6-13H2,1-5H3. The maximum absolute atomic E-state index is 13.4. The number of rotatable bonds is 2. The van der Waals surface area contributed by atoms with E-state index in [9.17, 15) is 14.7 Å². The molecular weight excluding hydrogens is 416 g/mol. The molecule has 1 N–H and O–H groups in total. The van der Waals surface area contributed by atoms with Crippen molar-refractivity contribution in [3.05, 3.63) is 11.1 Å². The average molecular weight is 457 g/mol. The first-order valence-corrected chi connectivity index (χ1v) is 13.3. The second-order valence-corrected chi connectivity index (χ2v) is 12.8. The van der Waals surface area contributed by atoms with Gasteiger partial charge in [-0.1, -0.05) is 19.4 Å². The number of ether oxygens (including phenoxy) is 2. The van der Waals surface area contributed by atoms with Crippen molar-refractivity contribution in [3.63, 3.8) is 0 Å². The highest BCUT2D eigenvalue weighted by atomic mass is 16.6. The quantitative estimate of drug-likeness (QED) is 0.490. The third-order valence-corrected chi connectivity index (χ3v) is 12.1. The van der Waals surface area contributed by atoms with E-state index in [4.69, 9.17) is 9.47 Å². The minimum absolute atomic E-state index is 0.0485. The highest BCUT2D eigenvalue weighted by Gasteiger charge is 2.80. The zero-order valence-electron chi connectivity index (χ0n) is 20.9. The van der Waals surface area contributed by atoms with E-state index in [2.05, 4.69) is 27.7 Å². The zero-order chi connectivity index (χ0) is 23.5. The molecule has 11 unspecified atom stereocenters. The number of hydrogen-bond acceptors (Lipinski definition) is 5. The molecule has 0 aromatic carbocycles. The summed E-state index contributed by atoms with van der Waals surface area (Å²) in [5.41, 5.74) is 1.11. The highest BCUT2D eigenvalue weighted by Crippen LogP contribution is 2.73. The predicted molar refractivity (Wildman–Crippen MR) is 123 cm³/mol. The van der Waals surface area contributed by atoms with Gasteiger partial charge >= 0.3 is 5.97 Å². The van der Waals surface area contributed by atoms with Crippen molar-refractivity contribution in [1.29, 1.82) is 0 Å². The largest absolute Gasteiger partial charge is 0.462 e. The van der Waals surface area contributed by atoms with Crippen LogP contribution >= 0.6 is 0 Å². The van der Waals surface area contributed by atoms with E-state index in [1.165, 1.54) is 18.4 Å². The normalized spacial score (nSPS) is 54.1. The summed E-state index contributed by atoms with van der Waals surface area (Å²) in [6.45, 7) is 11.6. The van der Waals surface area contributed by atoms with Gasteiger partial charge in [-0.2, -0.15) is 0 Å². The highest BCUT2D eigenvalue weighted by molar-refractivity contribution is 5.89. The molecule has 5 fully saturated rings. The molecule has 4 aliphatic carbocycles. The fourth-order valence-corrected chi connectivity index (χ4v) is 10.1. The van der Waals surface area contributed by atoms with E-state index >= 15 is 0 Å². The molecule has 6 aliphatic rings. The molecule has 2 heterocycles. The van der Waals surface area contributed by atoms with Crippen LogP contribution in [0.25, 0.3) is 0 Å². The van der Waals surface area contributed by atoms with Gasteiger partial charge in [0.15, 0.2) is 0 Å². The number of epoxide rings is 1. The van der Waals surface area contributed by atoms with Crippen molar-refractivity contribution in [3.8, 4) is 0 Å². The Hall–Kier alpha value is -1.20. The Morgan fingerprint density at radius 1 is 1.06 bits per heavy atom. The van der Waals surface area contributed by atoms with Gasteiger partial charge in [0.2, 0.25) is 0 Å². The summed E-state index contributed by atoms with van der Waals surface area (Å²) in [5, 5.41) is 10.9. The van der Waals surface area contributed by atoms with Crippen LogP contribution in [0, 0.1) is 46.3 Å². The number of cyclic esters (lactones) is 1. The van der Waals surface area contributed by atoms with Crippen LogP contribution in [0.1, 0.15) is 79.6 Å². The SMILES string of the molecule is CC1=C(C)C(C(C)C2CCC3C4CC5OC56C(O)CCC(=O)C6(C)C4CCC23C)COC1=O. The number of carbonyl (C=O) groups excluding carboxylic acids is 2. The van der Waals surface area contributed by atoms with Crippen LogP contribution in [0.2, 0.25) is 0 Å². The van der Waals surface area contributed by atoms with Crippen molar-refractivity contribution in [2.24, 2.45) is 46.3 Å². The summed E-state index contributed by atoms with van der Waals surface area (Å²) in [6, 6.07) is 0. The molecule has 11 atom stereocenters. The number of esters is 1. The maximum Gasteiger partial charge on any atom is 0.333 e. The predicted octanol–water partition coefficient (Wildman–Crippen LogP) is 4.46. The summed E-state index contributed by atoms with van der Waals surface area (Å²) >= 11 is 0. The van der Waals surface area contributed by atoms with Gasteiger partial charge in [0.25, 0.3) is 0 Å².